The monoisotopic (exact) mass is 324 g/mol. The fourth-order valence-electron chi connectivity index (χ4n) is 2.24. The van der Waals surface area contributed by atoms with Crippen LogP contribution in [0.1, 0.15) is 18.4 Å². The number of amides is 2. The first-order chi connectivity index (χ1) is 11.6. The number of carbonyl (C=O) groups is 2. The van der Waals surface area contributed by atoms with Crippen molar-refractivity contribution in [2.24, 2.45) is 5.92 Å². The van der Waals surface area contributed by atoms with E-state index in [1.54, 1.807) is 24.3 Å². The molecule has 1 aliphatic carbocycles. The molecule has 24 heavy (non-hydrogen) atoms. The molecule has 0 atom stereocenters. The van der Waals surface area contributed by atoms with Gasteiger partial charge < -0.3 is 15.4 Å². The standard InChI is InChI=1S/C19H20N2O3/c1-13-5-9-15(10-6-13)20-18(22)12-24-17-4-2-3-16(11-17)21-19(23)14-7-8-14/h2-6,9-11,14H,7-8,12H2,1H3,(H,20,22)(H,21,23). The Morgan fingerprint density at radius 2 is 1.79 bits per heavy atom. The van der Waals surface area contributed by atoms with E-state index in [1.807, 2.05) is 31.2 Å². The highest BCUT2D eigenvalue weighted by atomic mass is 16.5. The Kier molecular flexibility index (Phi) is 4.79. The van der Waals surface area contributed by atoms with Gasteiger partial charge in [-0.1, -0.05) is 23.8 Å². The van der Waals surface area contributed by atoms with Gasteiger partial charge in [0.05, 0.1) is 0 Å². The second-order valence-electron chi connectivity index (χ2n) is 5.99. The smallest absolute Gasteiger partial charge is 0.262 e. The predicted molar refractivity (Wildman–Crippen MR) is 93.1 cm³/mol. The van der Waals surface area contributed by atoms with Gasteiger partial charge in [0, 0.05) is 23.4 Å². The van der Waals surface area contributed by atoms with Gasteiger partial charge in [0.25, 0.3) is 5.91 Å². The molecule has 5 heteroatoms. The van der Waals surface area contributed by atoms with Crippen molar-refractivity contribution in [1.82, 2.24) is 0 Å². The van der Waals surface area contributed by atoms with Gasteiger partial charge in [-0.25, -0.2) is 0 Å². The molecule has 0 saturated heterocycles. The lowest BCUT2D eigenvalue weighted by Crippen LogP contribution is -2.20. The van der Waals surface area contributed by atoms with Crippen molar-refractivity contribution < 1.29 is 14.3 Å². The third-order valence-electron chi connectivity index (χ3n) is 3.75. The van der Waals surface area contributed by atoms with Gasteiger partial charge in [-0.3, -0.25) is 9.59 Å². The van der Waals surface area contributed by atoms with Crippen LogP contribution < -0.4 is 15.4 Å². The van der Waals surface area contributed by atoms with Crippen LogP contribution in [0, 0.1) is 12.8 Å². The molecule has 1 fully saturated rings. The van der Waals surface area contributed by atoms with Crippen molar-refractivity contribution >= 4 is 23.2 Å². The molecular formula is C19H20N2O3. The Hall–Kier alpha value is -2.82. The van der Waals surface area contributed by atoms with E-state index in [-0.39, 0.29) is 24.3 Å². The minimum atomic E-state index is -0.230. The summed E-state index contributed by atoms with van der Waals surface area (Å²) < 4.78 is 5.50. The van der Waals surface area contributed by atoms with E-state index >= 15 is 0 Å². The van der Waals surface area contributed by atoms with Crippen LogP contribution in [0.3, 0.4) is 0 Å². The number of ether oxygens (including phenoxy) is 1. The molecule has 0 heterocycles. The Balaban J connectivity index is 1.51. The molecule has 0 radical (unpaired) electrons. The first-order valence-corrected chi connectivity index (χ1v) is 8.00. The van der Waals surface area contributed by atoms with E-state index in [0.717, 1.165) is 24.1 Å². The van der Waals surface area contributed by atoms with E-state index in [0.29, 0.717) is 11.4 Å². The summed E-state index contributed by atoms with van der Waals surface area (Å²) in [6, 6.07) is 14.6. The summed E-state index contributed by atoms with van der Waals surface area (Å²) >= 11 is 0. The zero-order chi connectivity index (χ0) is 16.9. The molecule has 1 aliphatic rings. The van der Waals surface area contributed by atoms with Crippen molar-refractivity contribution in [3.05, 3.63) is 54.1 Å². The first-order valence-electron chi connectivity index (χ1n) is 8.00. The van der Waals surface area contributed by atoms with Gasteiger partial charge in [0.2, 0.25) is 5.91 Å². The van der Waals surface area contributed by atoms with Crippen LogP contribution in [0.2, 0.25) is 0 Å². The Labute approximate surface area is 141 Å². The molecule has 3 rings (SSSR count). The molecule has 0 aliphatic heterocycles. The van der Waals surface area contributed by atoms with Gasteiger partial charge in [-0.05, 0) is 44.0 Å². The van der Waals surface area contributed by atoms with Gasteiger partial charge in [-0.15, -0.1) is 0 Å². The summed E-state index contributed by atoms with van der Waals surface area (Å²) in [4.78, 5) is 23.7. The topological polar surface area (TPSA) is 67.4 Å². The van der Waals surface area contributed by atoms with E-state index in [4.69, 9.17) is 4.74 Å². The molecule has 2 N–H and O–H groups in total. The van der Waals surface area contributed by atoms with Crippen LogP contribution in [0.25, 0.3) is 0 Å². The molecule has 2 amide bonds. The fourth-order valence-corrected chi connectivity index (χ4v) is 2.24. The van der Waals surface area contributed by atoms with E-state index in [9.17, 15) is 9.59 Å². The molecule has 0 unspecified atom stereocenters. The second kappa shape index (κ2) is 7.17. The highest BCUT2D eigenvalue weighted by Crippen LogP contribution is 2.30. The maximum absolute atomic E-state index is 11.9. The highest BCUT2D eigenvalue weighted by Gasteiger charge is 2.29. The van der Waals surface area contributed by atoms with Crippen molar-refractivity contribution in [2.75, 3.05) is 17.2 Å². The van der Waals surface area contributed by atoms with Crippen molar-refractivity contribution in [3.63, 3.8) is 0 Å². The van der Waals surface area contributed by atoms with Crippen LogP contribution in [-0.4, -0.2) is 18.4 Å². The zero-order valence-electron chi connectivity index (χ0n) is 13.5. The first kappa shape index (κ1) is 16.1. The maximum Gasteiger partial charge on any atom is 0.262 e. The second-order valence-corrected chi connectivity index (χ2v) is 5.99. The molecular weight excluding hydrogens is 304 g/mol. The minimum Gasteiger partial charge on any atom is -0.484 e. The van der Waals surface area contributed by atoms with Crippen LogP contribution in [-0.2, 0) is 9.59 Å². The van der Waals surface area contributed by atoms with Gasteiger partial charge in [0.1, 0.15) is 5.75 Å². The number of anilines is 2. The fraction of sp³-hybridized carbons (Fsp3) is 0.263. The van der Waals surface area contributed by atoms with E-state index < -0.39 is 0 Å². The molecule has 0 aromatic heterocycles. The predicted octanol–water partition coefficient (Wildman–Crippen LogP) is 3.36. The lowest BCUT2D eigenvalue weighted by atomic mass is 10.2. The molecule has 0 bridgehead atoms. The molecule has 1 saturated carbocycles. The summed E-state index contributed by atoms with van der Waals surface area (Å²) in [6.07, 6.45) is 1.92. The Bertz CT molecular complexity index is 737. The van der Waals surface area contributed by atoms with Gasteiger partial charge in [-0.2, -0.15) is 0 Å². The third-order valence-corrected chi connectivity index (χ3v) is 3.75. The summed E-state index contributed by atoms with van der Waals surface area (Å²) in [7, 11) is 0. The van der Waals surface area contributed by atoms with Crippen molar-refractivity contribution in [2.45, 2.75) is 19.8 Å². The van der Waals surface area contributed by atoms with Crippen LogP contribution >= 0.6 is 0 Å². The summed E-state index contributed by atoms with van der Waals surface area (Å²) in [5.41, 5.74) is 2.55. The van der Waals surface area contributed by atoms with Crippen molar-refractivity contribution in [3.8, 4) is 5.75 Å². The SMILES string of the molecule is Cc1ccc(NC(=O)COc2cccc(NC(=O)C3CC3)c2)cc1. The molecule has 2 aromatic rings. The largest absolute Gasteiger partial charge is 0.484 e. The number of benzene rings is 2. The lowest BCUT2D eigenvalue weighted by molar-refractivity contribution is -0.118. The average molecular weight is 324 g/mol. The number of nitrogens with one attached hydrogen (secondary N) is 2. The van der Waals surface area contributed by atoms with Crippen LogP contribution in [0.15, 0.2) is 48.5 Å². The highest BCUT2D eigenvalue weighted by molar-refractivity contribution is 5.94. The quantitative estimate of drug-likeness (QED) is 0.856. The van der Waals surface area contributed by atoms with Crippen molar-refractivity contribution in [1.29, 1.82) is 0 Å². The molecule has 5 nitrogen and oxygen atoms in total. The number of carbonyl (C=O) groups excluding carboxylic acids is 2. The van der Waals surface area contributed by atoms with E-state index in [1.165, 1.54) is 0 Å². The maximum atomic E-state index is 11.9. The van der Waals surface area contributed by atoms with Gasteiger partial charge in [0.15, 0.2) is 6.61 Å². The van der Waals surface area contributed by atoms with Crippen LogP contribution in [0.5, 0.6) is 5.75 Å². The number of aryl methyl sites for hydroxylation is 1. The minimum absolute atomic E-state index is 0.0456. The number of hydrogen-bond donors (Lipinski definition) is 2. The Morgan fingerprint density at radius 3 is 2.50 bits per heavy atom. The lowest BCUT2D eigenvalue weighted by Gasteiger charge is -2.10. The summed E-state index contributed by atoms with van der Waals surface area (Å²) in [6.45, 7) is 1.90. The molecule has 0 spiro atoms. The van der Waals surface area contributed by atoms with Gasteiger partial charge >= 0.3 is 0 Å². The number of hydrogen-bond acceptors (Lipinski definition) is 3. The molecule has 2 aromatic carbocycles. The molecule has 124 valence electrons. The van der Waals surface area contributed by atoms with E-state index in [2.05, 4.69) is 10.6 Å². The number of rotatable bonds is 6. The average Bonchev–Trinajstić information content (AvgIpc) is 3.41. The normalized spacial score (nSPS) is 13.2. The van der Waals surface area contributed by atoms with Crippen LogP contribution in [0.4, 0.5) is 11.4 Å². The zero-order valence-corrected chi connectivity index (χ0v) is 13.5. The third kappa shape index (κ3) is 4.59. The Morgan fingerprint density at radius 1 is 1.04 bits per heavy atom. The summed E-state index contributed by atoms with van der Waals surface area (Å²) in [5.74, 6) is 0.507. The summed E-state index contributed by atoms with van der Waals surface area (Å²) in [5, 5.41) is 5.63.